The van der Waals surface area contributed by atoms with Crippen LogP contribution in [0.25, 0.3) is 0 Å². The van der Waals surface area contributed by atoms with Crippen LogP contribution in [0, 0.1) is 23.7 Å². The fourth-order valence-electron chi connectivity index (χ4n) is 2.38. The van der Waals surface area contributed by atoms with Crippen LogP contribution in [0.1, 0.15) is 33.6 Å². The maximum Gasteiger partial charge on any atom is 0.205 e. The predicted octanol–water partition coefficient (Wildman–Crippen LogP) is 2.97. The zero-order valence-electron chi connectivity index (χ0n) is 14.5. The second-order valence-electron chi connectivity index (χ2n) is 7.51. The molecule has 3 nitrogen and oxygen atoms in total. The normalized spacial score (nSPS) is 28.7. The van der Waals surface area contributed by atoms with Gasteiger partial charge in [-0.1, -0.05) is 50.5 Å². The molecule has 0 saturated carbocycles. The highest BCUT2D eigenvalue weighted by atomic mass is 28.4. The first-order valence-corrected chi connectivity index (χ1v) is 10.8. The van der Waals surface area contributed by atoms with E-state index in [1.54, 1.807) is 18.2 Å². The highest BCUT2D eigenvalue weighted by Gasteiger charge is 2.50. The minimum Gasteiger partial charge on any atom is -0.395 e. The second-order valence-corrected chi connectivity index (χ2v) is 12.2. The Kier molecular flexibility index (Phi) is 4.73. The molecule has 2 aliphatic carbocycles. The van der Waals surface area contributed by atoms with E-state index in [9.17, 15) is 9.90 Å². The minimum atomic E-state index is -2.21. The topological polar surface area (TPSA) is 46.5 Å². The van der Waals surface area contributed by atoms with E-state index in [-0.39, 0.29) is 10.8 Å². The summed E-state index contributed by atoms with van der Waals surface area (Å²) in [5, 5.41) is 10.2. The van der Waals surface area contributed by atoms with E-state index in [1.807, 2.05) is 0 Å². The summed E-state index contributed by atoms with van der Waals surface area (Å²) in [5.74, 6) is 11.1. The third-order valence-electron chi connectivity index (χ3n) is 4.76. The number of hydrogen-bond acceptors (Lipinski definition) is 3. The smallest absolute Gasteiger partial charge is 0.205 e. The van der Waals surface area contributed by atoms with Gasteiger partial charge in [-0.15, -0.1) is 0 Å². The van der Waals surface area contributed by atoms with Gasteiger partial charge < -0.3 is 9.53 Å². The van der Waals surface area contributed by atoms with Gasteiger partial charge >= 0.3 is 0 Å². The summed E-state index contributed by atoms with van der Waals surface area (Å²) in [4.78, 5) is 13.1. The molecule has 0 fully saturated rings. The van der Waals surface area contributed by atoms with Crippen LogP contribution in [-0.4, -0.2) is 30.9 Å². The van der Waals surface area contributed by atoms with E-state index < -0.39 is 20.0 Å². The number of aliphatic hydroxyl groups excluding tert-OH is 1. The Morgan fingerprint density at radius 3 is 2.61 bits per heavy atom. The number of rotatable bonds is 2. The summed E-state index contributed by atoms with van der Waals surface area (Å²) < 4.78 is 6.48. The zero-order chi connectivity index (χ0) is 17.3. The summed E-state index contributed by atoms with van der Waals surface area (Å²) >= 11 is 0. The second kappa shape index (κ2) is 6.13. The number of carbonyl (C=O) groups excluding carboxylic acids is 1. The first-order valence-electron chi connectivity index (χ1n) is 7.91. The third kappa shape index (κ3) is 3.51. The fourth-order valence-corrected chi connectivity index (χ4v) is 3.81. The largest absolute Gasteiger partial charge is 0.395 e. The molecule has 0 aromatic heterocycles. The van der Waals surface area contributed by atoms with E-state index in [2.05, 4.69) is 57.5 Å². The molecule has 0 radical (unpaired) electrons. The SMILES string of the molecule is CC(C)(C)[Si](C)(C)OC12C#C/C=C/C#CC(O)C(=CCC1)C2=O. The van der Waals surface area contributed by atoms with Crippen LogP contribution in [0.3, 0.4) is 0 Å². The van der Waals surface area contributed by atoms with Gasteiger partial charge in [0.1, 0.15) is 6.10 Å². The number of aliphatic hydroxyl groups is 1. The highest BCUT2D eigenvalue weighted by Crippen LogP contribution is 2.42. The Hall–Kier alpha value is -1.59. The lowest BCUT2D eigenvalue weighted by atomic mass is 9.81. The molecule has 122 valence electrons. The summed E-state index contributed by atoms with van der Waals surface area (Å²) in [5.41, 5.74) is -0.857. The van der Waals surface area contributed by atoms with Crippen molar-refractivity contribution in [2.75, 3.05) is 0 Å². The van der Waals surface area contributed by atoms with Gasteiger partial charge in [0.15, 0.2) is 13.9 Å². The Bertz CT molecular complexity index is 686. The van der Waals surface area contributed by atoms with Gasteiger partial charge in [-0.2, -0.15) is 0 Å². The Morgan fingerprint density at radius 1 is 1.30 bits per heavy atom. The molecule has 0 aromatic carbocycles. The van der Waals surface area contributed by atoms with Crippen molar-refractivity contribution >= 4 is 14.1 Å². The Morgan fingerprint density at radius 2 is 1.96 bits per heavy atom. The van der Waals surface area contributed by atoms with Gasteiger partial charge in [0, 0.05) is 5.57 Å². The van der Waals surface area contributed by atoms with E-state index in [4.69, 9.17) is 4.43 Å². The molecule has 2 rings (SSSR count). The van der Waals surface area contributed by atoms with Gasteiger partial charge in [0.25, 0.3) is 0 Å². The average molecular weight is 328 g/mol. The molecule has 2 unspecified atom stereocenters. The lowest BCUT2D eigenvalue weighted by Gasteiger charge is -2.44. The molecule has 0 aromatic rings. The predicted molar refractivity (Wildman–Crippen MR) is 94.0 cm³/mol. The number of Topliss-reactive ketones (excluding diaryl/α,β-unsaturated/α-hetero) is 1. The molecule has 0 spiro atoms. The molecule has 0 amide bonds. The molecule has 2 aliphatic rings. The number of allylic oxidation sites excluding steroid dienone is 3. The van der Waals surface area contributed by atoms with Crippen LogP contribution in [0.5, 0.6) is 0 Å². The molecule has 2 atom stereocenters. The summed E-state index contributed by atoms with van der Waals surface area (Å²) in [6.45, 7) is 10.6. The molecule has 1 N–H and O–H groups in total. The highest BCUT2D eigenvalue weighted by molar-refractivity contribution is 6.74. The van der Waals surface area contributed by atoms with E-state index in [1.165, 1.54) is 0 Å². The van der Waals surface area contributed by atoms with Crippen LogP contribution < -0.4 is 0 Å². The maximum absolute atomic E-state index is 13.1. The van der Waals surface area contributed by atoms with Gasteiger partial charge in [-0.05, 0) is 43.1 Å². The number of ketones is 1. The van der Waals surface area contributed by atoms with Crippen LogP contribution in [0.15, 0.2) is 23.8 Å². The molecule has 4 heteroatoms. The van der Waals surface area contributed by atoms with Crippen molar-refractivity contribution in [3.63, 3.8) is 0 Å². The van der Waals surface area contributed by atoms with E-state index in [0.717, 1.165) is 0 Å². The molecular weight excluding hydrogens is 304 g/mol. The molecule has 0 saturated heterocycles. The van der Waals surface area contributed by atoms with Gasteiger partial charge in [0.05, 0.1) is 0 Å². The summed E-state index contributed by atoms with van der Waals surface area (Å²) in [6, 6.07) is 0. The summed E-state index contributed by atoms with van der Waals surface area (Å²) in [6.07, 6.45) is 5.03. The van der Waals surface area contributed by atoms with Crippen molar-refractivity contribution < 1.29 is 14.3 Å². The Balaban J connectivity index is 2.52. The lowest BCUT2D eigenvalue weighted by Crippen LogP contribution is -2.55. The van der Waals surface area contributed by atoms with Crippen molar-refractivity contribution in [1.29, 1.82) is 0 Å². The van der Waals surface area contributed by atoms with E-state index >= 15 is 0 Å². The van der Waals surface area contributed by atoms with Crippen LogP contribution in [0.4, 0.5) is 0 Å². The van der Waals surface area contributed by atoms with Gasteiger partial charge in [-0.3, -0.25) is 4.79 Å². The fraction of sp³-hybridized carbons (Fsp3) is 0.526. The minimum absolute atomic E-state index is 0.0331. The number of carbonyl (C=O) groups is 1. The molecular formula is C19H24O3Si. The quantitative estimate of drug-likeness (QED) is 0.626. The Labute approximate surface area is 139 Å². The summed E-state index contributed by atoms with van der Waals surface area (Å²) in [7, 11) is -2.21. The van der Waals surface area contributed by atoms with Crippen molar-refractivity contribution in [1.82, 2.24) is 0 Å². The third-order valence-corrected chi connectivity index (χ3v) is 9.24. The monoisotopic (exact) mass is 328 g/mol. The number of fused-ring (bicyclic) bond motifs is 2. The molecule has 0 aliphatic heterocycles. The van der Waals surface area contributed by atoms with Crippen molar-refractivity contribution in [3.8, 4) is 23.7 Å². The standard InChI is InChI=1S/C19H24O3Si/c1-18(2,3)23(4,5)22-19-13-9-7-6-8-12-16(20)15(17(19)21)11-10-14-19/h6-7,11,16,20H,10,14H2,1-5H3/b7-6+. The van der Waals surface area contributed by atoms with Crippen molar-refractivity contribution in [2.24, 2.45) is 0 Å². The van der Waals surface area contributed by atoms with Gasteiger partial charge in [0.2, 0.25) is 5.78 Å². The lowest BCUT2D eigenvalue weighted by molar-refractivity contribution is -0.128. The molecule has 2 bridgehead atoms. The first kappa shape index (κ1) is 17.8. The molecule has 23 heavy (non-hydrogen) atoms. The van der Waals surface area contributed by atoms with Gasteiger partial charge in [-0.25, -0.2) is 0 Å². The van der Waals surface area contributed by atoms with Crippen molar-refractivity contribution in [3.05, 3.63) is 23.8 Å². The van der Waals surface area contributed by atoms with Crippen molar-refractivity contribution in [2.45, 2.75) is 63.5 Å². The molecule has 0 heterocycles. The van der Waals surface area contributed by atoms with E-state index in [0.29, 0.717) is 18.4 Å². The zero-order valence-corrected chi connectivity index (χ0v) is 15.5. The average Bonchev–Trinajstić information content (AvgIpc) is 2.42. The number of hydrogen-bond donors (Lipinski definition) is 1. The maximum atomic E-state index is 13.1. The first-order chi connectivity index (χ1) is 10.6. The van der Waals surface area contributed by atoms with Crippen LogP contribution in [-0.2, 0) is 9.22 Å². The van der Waals surface area contributed by atoms with Crippen LogP contribution >= 0.6 is 0 Å². The van der Waals surface area contributed by atoms with Crippen LogP contribution in [0.2, 0.25) is 18.1 Å².